The zero-order chi connectivity index (χ0) is 19.2. The molecule has 2 amide bonds. The minimum absolute atomic E-state index is 0.138. The highest BCUT2D eigenvalue weighted by atomic mass is 16.2. The molecule has 142 valence electrons. The van der Waals surface area contributed by atoms with E-state index in [0.29, 0.717) is 34.8 Å². The van der Waals surface area contributed by atoms with E-state index in [2.05, 4.69) is 25.9 Å². The summed E-state index contributed by atoms with van der Waals surface area (Å²) < 4.78 is 0. The van der Waals surface area contributed by atoms with Gasteiger partial charge >= 0.3 is 0 Å². The molecule has 0 spiro atoms. The summed E-state index contributed by atoms with van der Waals surface area (Å²) >= 11 is 0. The van der Waals surface area contributed by atoms with Crippen molar-refractivity contribution in [3.05, 3.63) is 41.9 Å². The average molecular weight is 367 g/mol. The first-order valence-electron chi connectivity index (χ1n) is 9.31. The third-order valence-electron chi connectivity index (χ3n) is 4.49. The Morgan fingerprint density at radius 3 is 2.22 bits per heavy atom. The van der Waals surface area contributed by atoms with E-state index in [1.165, 1.54) is 26.2 Å². The van der Waals surface area contributed by atoms with E-state index in [4.69, 9.17) is 0 Å². The largest absolute Gasteiger partial charge is 0.367 e. The third-order valence-corrected chi connectivity index (χ3v) is 4.49. The summed E-state index contributed by atoms with van der Waals surface area (Å²) in [6, 6.07) is 9.04. The number of aromatic nitrogens is 2. The van der Waals surface area contributed by atoms with Crippen LogP contribution in [0.25, 0.3) is 0 Å². The molecule has 1 aliphatic carbocycles. The Morgan fingerprint density at radius 1 is 0.963 bits per heavy atom. The van der Waals surface area contributed by atoms with Gasteiger partial charge < -0.3 is 16.0 Å². The lowest BCUT2D eigenvalue weighted by Gasteiger charge is -2.23. The van der Waals surface area contributed by atoms with Crippen molar-refractivity contribution in [1.82, 2.24) is 9.97 Å². The normalized spacial score (nSPS) is 14.4. The predicted molar refractivity (Wildman–Crippen MR) is 106 cm³/mol. The van der Waals surface area contributed by atoms with Gasteiger partial charge in [-0.1, -0.05) is 19.3 Å². The zero-order valence-corrected chi connectivity index (χ0v) is 15.7. The van der Waals surface area contributed by atoms with Crippen LogP contribution in [0.15, 0.2) is 30.3 Å². The van der Waals surface area contributed by atoms with Gasteiger partial charge in [-0.25, -0.2) is 9.97 Å². The average Bonchev–Trinajstić information content (AvgIpc) is 2.63. The Morgan fingerprint density at radius 2 is 1.59 bits per heavy atom. The van der Waals surface area contributed by atoms with Crippen molar-refractivity contribution in [3.63, 3.8) is 0 Å². The molecule has 1 aromatic heterocycles. The molecule has 1 aromatic carbocycles. The van der Waals surface area contributed by atoms with Crippen LogP contribution in [0.3, 0.4) is 0 Å². The van der Waals surface area contributed by atoms with Crippen molar-refractivity contribution in [2.24, 2.45) is 0 Å². The summed E-state index contributed by atoms with van der Waals surface area (Å²) in [6.07, 6.45) is 6.00. The summed E-state index contributed by atoms with van der Waals surface area (Å²) in [4.78, 5) is 32.3. The van der Waals surface area contributed by atoms with Gasteiger partial charge in [0.05, 0.1) is 0 Å². The molecular weight excluding hydrogens is 342 g/mol. The Kier molecular flexibility index (Phi) is 6.01. The molecule has 7 heteroatoms. The van der Waals surface area contributed by atoms with Crippen molar-refractivity contribution in [2.45, 2.75) is 52.0 Å². The van der Waals surface area contributed by atoms with E-state index in [1.807, 2.05) is 0 Å². The molecule has 2 aromatic rings. The number of nitrogens with one attached hydrogen (secondary N) is 3. The lowest BCUT2D eigenvalue weighted by Crippen LogP contribution is -2.24. The number of rotatable bonds is 5. The van der Waals surface area contributed by atoms with Crippen LogP contribution in [0.1, 0.15) is 55.3 Å². The van der Waals surface area contributed by atoms with Crippen LogP contribution in [0, 0.1) is 6.92 Å². The molecule has 0 aliphatic heterocycles. The van der Waals surface area contributed by atoms with Crippen LogP contribution in [0.5, 0.6) is 0 Å². The van der Waals surface area contributed by atoms with E-state index in [-0.39, 0.29) is 11.8 Å². The maximum absolute atomic E-state index is 12.6. The Labute approximate surface area is 159 Å². The van der Waals surface area contributed by atoms with Crippen molar-refractivity contribution in [1.29, 1.82) is 0 Å². The lowest BCUT2D eigenvalue weighted by atomic mass is 9.95. The van der Waals surface area contributed by atoms with Crippen LogP contribution in [-0.4, -0.2) is 27.8 Å². The van der Waals surface area contributed by atoms with Crippen molar-refractivity contribution >= 4 is 29.0 Å². The second-order valence-electron chi connectivity index (χ2n) is 6.88. The van der Waals surface area contributed by atoms with Crippen molar-refractivity contribution < 1.29 is 9.59 Å². The molecular formula is C20H25N5O2. The first-order valence-corrected chi connectivity index (χ1v) is 9.31. The third kappa shape index (κ3) is 5.51. The molecule has 0 unspecified atom stereocenters. The fourth-order valence-corrected chi connectivity index (χ4v) is 3.25. The Balaban J connectivity index is 1.67. The fraction of sp³-hybridized carbons (Fsp3) is 0.400. The predicted octanol–water partition coefficient (Wildman–Crippen LogP) is 3.74. The van der Waals surface area contributed by atoms with E-state index in [0.717, 1.165) is 12.8 Å². The number of hydrogen-bond acceptors (Lipinski definition) is 5. The lowest BCUT2D eigenvalue weighted by molar-refractivity contribution is -0.114. The van der Waals surface area contributed by atoms with E-state index in [1.54, 1.807) is 37.3 Å². The number of carbonyl (C=O) groups excluding carboxylic acids is 2. The minimum Gasteiger partial charge on any atom is -0.367 e. The first-order chi connectivity index (χ1) is 13.0. The number of amides is 2. The van der Waals surface area contributed by atoms with Crippen LogP contribution in [0.2, 0.25) is 0 Å². The molecule has 0 radical (unpaired) electrons. The maximum Gasteiger partial charge on any atom is 0.274 e. The molecule has 1 saturated carbocycles. The van der Waals surface area contributed by atoms with Crippen molar-refractivity contribution in [2.75, 3.05) is 16.0 Å². The van der Waals surface area contributed by atoms with E-state index in [9.17, 15) is 9.59 Å². The second kappa shape index (κ2) is 8.62. The smallest absolute Gasteiger partial charge is 0.274 e. The maximum atomic E-state index is 12.6. The van der Waals surface area contributed by atoms with Crippen LogP contribution >= 0.6 is 0 Å². The summed E-state index contributed by atoms with van der Waals surface area (Å²) in [7, 11) is 0. The van der Waals surface area contributed by atoms with Gasteiger partial charge in [-0.05, 0) is 44.0 Å². The SMILES string of the molecule is CC(=O)Nc1ccc(NC(=O)c2cc(NC3CCCCC3)nc(C)n2)cc1. The Hall–Kier alpha value is -2.96. The summed E-state index contributed by atoms with van der Waals surface area (Å²) in [5.41, 5.74) is 1.64. The topological polar surface area (TPSA) is 96.0 Å². The molecule has 1 fully saturated rings. The standard InChI is InChI=1S/C20H25N5O2/c1-13-21-18(12-19(22-13)24-15-6-4-3-5-7-15)20(27)25-17-10-8-16(9-11-17)23-14(2)26/h8-12,15H,3-7H2,1-2H3,(H,23,26)(H,25,27)(H,21,22,24). The van der Waals surface area contributed by atoms with E-state index >= 15 is 0 Å². The first kappa shape index (κ1) is 18.8. The van der Waals surface area contributed by atoms with Gasteiger partial charge in [-0.15, -0.1) is 0 Å². The number of nitrogens with zero attached hydrogens (tertiary/aromatic N) is 2. The molecule has 3 N–H and O–H groups in total. The van der Waals surface area contributed by atoms with Gasteiger partial charge in [0.2, 0.25) is 5.91 Å². The molecule has 1 aliphatic rings. The molecule has 27 heavy (non-hydrogen) atoms. The highest BCUT2D eigenvalue weighted by Crippen LogP contribution is 2.21. The highest BCUT2D eigenvalue weighted by molar-refractivity contribution is 6.03. The highest BCUT2D eigenvalue weighted by Gasteiger charge is 2.16. The number of hydrogen-bond donors (Lipinski definition) is 3. The number of benzene rings is 1. The van der Waals surface area contributed by atoms with Gasteiger partial charge in [0.15, 0.2) is 0 Å². The number of carbonyl (C=O) groups is 2. The van der Waals surface area contributed by atoms with Gasteiger partial charge in [-0.3, -0.25) is 9.59 Å². The summed E-state index contributed by atoms with van der Waals surface area (Å²) in [6.45, 7) is 3.23. The summed E-state index contributed by atoms with van der Waals surface area (Å²) in [5, 5.41) is 8.95. The molecule has 7 nitrogen and oxygen atoms in total. The molecule has 0 bridgehead atoms. The van der Waals surface area contributed by atoms with Crippen LogP contribution in [-0.2, 0) is 4.79 Å². The number of anilines is 3. The second-order valence-corrected chi connectivity index (χ2v) is 6.88. The van der Waals surface area contributed by atoms with E-state index < -0.39 is 0 Å². The molecule has 1 heterocycles. The molecule has 3 rings (SSSR count). The van der Waals surface area contributed by atoms with Gasteiger partial charge in [0.25, 0.3) is 5.91 Å². The Bertz CT molecular complexity index is 814. The van der Waals surface area contributed by atoms with Crippen molar-refractivity contribution in [3.8, 4) is 0 Å². The van der Waals surface area contributed by atoms with Gasteiger partial charge in [0.1, 0.15) is 17.3 Å². The van der Waals surface area contributed by atoms with Gasteiger partial charge in [0, 0.05) is 30.4 Å². The van der Waals surface area contributed by atoms with Crippen LogP contribution in [0.4, 0.5) is 17.2 Å². The molecule has 0 atom stereocenters. The number of aryl methyl sites for hydroxylation is 1. The molecule has 0 saturated heterocycles. The minimum atomic E-state index is -0.292. The quantitative estimate of drug-likeness (QED) is 0.748. The zero-order valence-electron chi connectivity index (χ0n) is 15.7. The summed E-state index contributed by atoms with van der Waals surface area (Å²) in [5.74, 6) is 0.822. The fourth-order valence-electron chi connectivity index (χ4n) is 3.25. The van der Waals surface area contributed by atoms with Gasteiger partial charge in [-0.2, -0.15) is 0 Å². The monoisotopic (exact) mass is 367 g/mol. The van der Waals surface area contributed by atoms with Crippen LogP contribution < -0.4 is 16.0 Å².